The molecule has 0 atom stereocenters. The Labute approximate surface area is 214 Å². The third-order valence-corrected chi connectivity index (χ3v) is 6.19. The SMILES string of the molecule is Cc1ccc(C(=O)O)cc1C(=O)O.c1ccc(C(c2ccccc2)(c2ccccc2)c2ncc[nH]2)cc1. The summed E-state index contributed by atoms with van der Waals surface area (Å²) in [5.41, 5.74) is 3.68. The summed E-state index contributed by atoms with van der Waals surface area (Å²) in [5.74, 6) is -1.31. The number of aromatic amines is 1. The smallest absolute Gasteiger partial charge is 0.335 e. The fraction of sp³-hybridized carbons (Fsp3) is 0.0645. The second kappa shape index (κ2) is 11.2. The van der Waals surface area contributed by atoms with Gasteiger partial charge in [0.25, 0.3) is 0 Å². The Morgan fingerprint density at radius 1 is 0.703 bits per heavy atom. The maximum Gasteiger partial charge on any atom is 0.335 e. The average molecular weight is 491 g/mol. The molecule has 0 amide bonds. The van der Waals surface area contributed by atoms with E-state index in [0.717, 1.165) is 11.9 Å². The Balaban J connectivity index is 0.000000209. The third-order valence-electron chi connectivity index (χ3n) is 6.19. The van der Waals surface area contributed by atoms with Crippen LogP contribution in [-0.4, -0.2) is 32.1 Å². The molecule has 0 fully saturated rings. The van der Waals surface area contributed by atoms with Crippen molar-refractivity contribution in [3.63, 3.8) is 0 Å². The first kappa shape index (κ1) is 25.1. The number of carboxylic acid groups (broad SMARTS) is 2. The van der Waals surface area contributed by atoms with E-state index in [1.54, 1.807) is 6.92 Å². The van der Waals surface area contributed by atoms with Gasteiger partial charge < -0.3 is 15.2 Å². The molecule has 5 aromatic rings. The maximum atomic E-state index is 10.6. The molecule has 0 radical (unpaired) electrons. The second-order valence-electron chi connectivity index (χ2n) is 8.43. The highest BCUT2D eigenvalue weighted by molar-refractivity contribution is 5.94. The summed E-state index contributed by atoms with van der Waals surface area (Å²) in [5, 5.41) is 17.3. The third kappa shape index (κ3) is 5.18. The minimum atomic E-state index is -1.12. The molecule has 0 unspecified atom stereocenters. The van der Waals surface area contributed by atoms with Gasteiger partial charge in [-0.3, -0.25) is 0 Å². The quantitative estimate of drug-likeness (QED) is 0.247. The van der Waals surface area contributed by atoms with Crippen LogP contribution in [0.1, 0.15) is 48.8 Å². The predicted octanol–water partition coefficient (Wildman–Crippen LogP) is 6.18. The Morgan fingerprint density at radius 2 is 1.19 bits per heavy atom. The fourth-order valence-electron chi connectivity index (χ4n) is 4.43. The highest BCUT2D eigenvalue weighted by atomic mass is 16.4. The number of H-pyrrole nitrogens is 1. The lowest BCUT2D eigenvalue weighted by molar-refractivity contribution is 0.0695. The Hall–Kier alpha value is -4.97. The minimum absolute atomic E-state index is 0.0111. The van der Waals surface area contributed by atoms with Crippen LogP contribution in [0.3, 0.4) is 0 Å². The zero-order valence-corrected chi connectivity index (χ0v) is 20.2. The van der Waals surface area contributed by atoms with Gasteiger partial charge in [-0.1, -0.05) is 97.1 Å². The molecule has 1 heterocycles. The maximum absolute atomic E-state index is 10.6. The molecule has 3 N–H and O–H groups in total. The molecular formula is C31H26N2O4. The largest absolute Gasteiger partial charge is 0.478 e. The number of carboxylic acids is 2. The fourth-order valence-corrected chi connectivity index (χ4v) is 4.43. The molecule has 6 nitrogen and oxygen atoms in total. The molecule has 0 saturated carbocycles. The van der Waals surface area contributed by atoms with Crippen LogP contribution in [0, 0.1) is 6.92 Å². The lowest BCUT2D eigenvalue weighted by Crippen LogP contribution is -2.32. The van der Waals surface area contributed by atoms with Crippen molar-refractivity contribution in [3.05, 3.63) is 161 Å². The van der Waals surface area contributed by atoms with Crippen molar-refractivity contribution in [2.45, 2.75) is 12.3 Å². The lowest BCUT2D eigenvalue weighted by atomic mass is 9.69. The van der Waals surface area contributed by atoms with Gasteiger partial charge in [-0.2, -0.15) is 0 Å². The van der Waals surface area contributed by atoms with Gasteiger partial charge in [-0.25, -0.2) is 14.6 Å². The molecule has 0 saturated heterocycles. The molecule has 6 heteroatoms. The number of aromatic carboxylic acids is 2. The Kier molecular flexibility index (Phi) is 7.59. The van der Waals surface area contributed by atoms with E-state index in [9.17, 15) is 9.59 Å². The number of benzene rings is 4. The Bertz CT molecular complexity index is 1370. The summed E-state index contributed by atoms with van der Waals surface area (Å²) in [4.78, 5) is 29.1. The van der Waals surface area contributed by atoms with Crippen LogP contribution in [-0.2, 0) is 5.41 Å². The molecule has 0 aliphatic carbocycles. The molecule has 0 bridgehead atoms. The minimum Gasteiger partial charge on any atom is -0.478 e. The van der Waals surface area contributed by atoms with E-state index in [4.69, 9.17) is 10.2 Å². The second-order valence-corrected chi connectivity index (χ2v) is 8.43. The van der Waals surface area contributed by atoms with Crippen molar-refractivity contribution in [2.24, 2.45) is 0 Å². The van der Waals surface area contributed by atoms with E-state index in [0.29, 0.717) is 5.56 Å². The van der Waals surface area contributed by atoms with E-state index in [-0.39, 0.29) is 11.1 Å². The number of aryl methyl sites for hydroxylation is 1. The van der Waals surface area contributed by atoms with Crippen molar-refractivity contribution in [2.75, 3.05) is 0 Å². The van der Waals surface area contributed by atoms with Crippen molar-refractivity contribution in [1.29, 1.82) is 0 Å². The van der Waals surface area contributed by atoms with Gasteiger partial charge in [0.1, 0.15) is 11.2 Å². The number of hydrogen-bond donors (Lipinski definition) is 3. The van der Waals surface area contributed by atoms with Crippen molar-refractivity contribution < 1.29 is 19.8 Å². The summed E-state index contributed by atoms with van der Waals surface area (Å²) in [7, 11) is 0. The van der Waals surface area contributed by atoms with Crippen LogP contribution in [0.4, 0.5) is 0 Å². The molecule has 0 aliphatic rings. The van der Waals surface area contributed by atoms with Crippen LogP contribution in [0.25, 0.3) is 0 Å². The zero-order valence-electron chi connectivity index (χ0n) is 20.2. The van der Waals surface area contributed by atoms with Gasteiger partial charge in [0.05, 0.1) is 11.1 Å². The van der Waals surface area contributed by atoms with E-state index in [1.165, 1.54) is 28.8 Å². The first-order valence-corrected chi connectivity index (χ1v) is 11.7. The Morgan fingerprint density at radius 3 is 1.57 bits per heavy atom. The van der Waals surface area contributed by atoms with Gasteiger partial charge in [0.2, 0.25) is 0 Å². The summed E-state index contributed by atoms with van der Waals surface area (Å²) < 4.78 is 0. The first-order chi connectivity index (χ1) is 17.9. The number of hydrogen-bond acceptors (Lipinski definition) is 3. The van der Waals surface area contributed by atoms with Crippen LogP contribution in [0.2, 0.25) is 0 Å². The van der Waals surface area contributed by atoms with E-state index >= 15 is 0 Å². The number of nitrogens with zero attached hydrogens (tertiary/aromatic N) is 1. The van der Waals surface area contributed by atoms with Gasteiger partial charge in [-0.15, -0.1) is 0 Å². The number of carbonyl (C=O) groups is 2. The summed E-state index contributed by atoms with van der Waals surface area (Å²) in [6.45, 7) is 1.62. The highest BCUT2D eigenvalue weighted by Gasteiger charge is 2.40. The van der Waals surface area contributed by atoms with Crippen LogP contribution >= 0.6 is 0 Å². The number of imidazole rings is 1. The summed E-state index contributed by atoms with van der Waals surface area (Å²) in [6.07, 6.45) is 3.71. The molecule has 1 aromatic heterocycles. The van der Waals surface area contributed by atoms with Crippen molar-refractivity contribution in [1.82, 2.24) is 9.97 Å². The van der Waals surface area contributed by atoms with Crippen molar-refractivity contribution in [3.8, 4) is 0 Å². The first-order valence-electron chi connectivity index (χ1n) is 11.7. The number of nitrogens with one attached hydrogen (secondary N) is 1. The topological polar surface area (TPSA) is 103 Å². The molecule has 4 aromatic carbocycles. The normalized spacial score (nSPS) is 10.7. The predicted molar refractivity (Wildman–Crippen MR) is 142 cm³/mol. The van der Waals surface area contributed by atoms with Crippen LogP contribution < -0.4 is 0 Å². The molecule has 5 rings (SSSR count). The lowest BCUT2D eigenvalue weighted by Gasteiger charge is -2.34. The monoisotopic (exact) mass is 490 g/mol. The van der Waals surface area contributed by atoms with Gasteiger partial charge >= 0.3 is 11.9 Å². The average Bonchev–Trinajstić information content (AvgIpc) is 3.47. The number of aromatic nitrogens is 2. The summed E-state index contributed by atoms with van der Waals surface area (Å²) in [6, 6.07) is 35.7. The molecule has 37 heavy (non-hydrogen) atoms. The van der Waals surface area contributed by atoms with Gasteiger partial charge in [0.15, 0.2) is 0 Å². The molecule has 0 spiro atoms. The standard InChI is InChI=1S/C22H18N2.C9H8O4/c1-4-10-18(11-5-1)22(21-23-16-17-24-21,19-12-6-2-7-13-19)20-14-8-3-9-15-20;1-5-2-3-6(8(10)11)4-7(5)9(12)13/h1-17H,(H,23,24);2-4H,1H3,(H,10,11)(H,12,13). The van der Waals surface area contributed by atoms with Crippen molar-refractivity contribution >= 4 is 11.9 Å². The van der Waals surface area contributed by atoms with Crippen LogP contribution in [0.15, 0.2) is 122 Å². The van der Waals surface area contributed by atoms with Gasteiger partial charge in [0, 0.05) is 12.4 Å². The molecular weight excluding hydrogens is 464 g/mol. The van der Waals surface area contributed by atoms with Gasteiger partial charge in [-0.05, 0) is 41.3 Å². The number of rotatable bonds is 6. The van der Waals surface area contributed by atoms with Crippen LogP contribution in [0.5, 0.6) is 0 Å². The highest BCUT2D eigenvalue weighted by Crippen LogP contribution is 2.43. The zero-order chi connectivity index (χ0) is 26.3. The molecule has 184 valence electrons. The molecule has 0 aliphatic heterocycles. The summed E-state index contributed by atoms with van der Waals surface area (Å²) >= 11 is 0. The van der Waals surface area contributed by atoms with E-state index in [2.05, 4.69) is 82.8 Å². The van der Waals surface area contributed by atoms with E-state index < -0.39 is 17.4 Å². The van der Waals surface area contributed by atoms with E-state index in [1.807, 2.05) is 30.6 Å².